The van der Waals surface area contributed by atoms with E-state index < -0.39 is 11.9 Å². The van der Waals surface area contributed by atoms with Crippen molar-refractivity contribution in [3.63, 3.8) is 0 Å². The Bertz CT molecular complexity index is 1600. The van der Waals surface area contributed by atoms with Crippen LogP contribution in [0.3, 0.4) is 0 Å². The maximum atomic E-state index is 13.7. The van der Waals surface area contributed by atoms with Crippen LogP contribution in [0.4, 0.5) is 0 Å². The fourth-order valence-corrected chi connectivity index (χ4v) is 4.85. The lowest BCUT2D eigenvalue weighted by Crippen LogP contribution is -2.22. The summed E-state index contributed by atoms with van der Waals surface area (Å²) in [5, 5.41) is 0.346. The van der Waals surface area contributed by atoms with Crippen LogP contribution in [-0.4, -0.2) is 41.5 Å². The van der Waals surface area contributed by atoms with Crippen LogP contribution in [0.2, 0.25) is 0 Å². The minimum absolute atomic E-state index is 0.0130. The molecule has 4 aromatic rings. The van der Waals surface area contributed by atoms with Gasteiger partial charge in [0.15, 0.2) is 23.0 Å². The van der Waals surface area contributed by atoms with Gasteiger partial charge >= 0.3 is 5.97 Å². The number of hydrogen-bond acceptors (Lipinski definition) is 9. The van der Waals surface area contributed by atoms with Crippen molar-refractivity contribution in [3.8, 4) is 45.6 Å². The van der Waals surface area contributed by atoms with Gasteiger partial charge in [-0.25, -0.2) is 0 Å². The summed E-state index contributed by atoms with van der Waals surface area (Å²) in [6.07, 6.45) is 1.42. The molecule has 0 fully saturated rings. The number of hydrogen-bond donors (Lipinski definition) is 0. The van der Waals surface area contributed by atoms with Crippen molar-refractivity contribution in [3.05, 3.63) is 70.1 Å². The van der Waals surface area contributed by atoms with Crippen LogP contribution in [0.5, 0.6) is 34.5 Å². The standard InChI is InChI=1S/C29H26O9/c1-32-20-8-6-15(10-23(20)34-3)19-14-37-29-16(28(19)31)7-9-21-27(29)18(12-26(30)38-21)17-11-24(35-4)25(36-5)13-22(17)33-2/h6-11,13-14,18H,12H2,1-5H3. The van der Waals surface area contributed by atoms with E-state index >= 15 is 0 Å². The minimum Gasteiger partial charge on any atom is -0.496 e. The van der Waals surface area contributed by atoms with Gasteiger partial charge in [-0.2, -0.15) is 0 Å². The van der Waals surface area contributed by atoms with E-state index in [0.29, 0.717) is 67.7 Å². The van der Waals surface area contributed by atoms with Gasteiger partial charge in [0.1, 0.15) is 23.3 Å². The Hall–Kier alpha value is -4.66. The molecule has 196 valence electrons. The topological polar surface area (TPSA) is 103 Å². The van der Waals surface area contributed by atoms with Gasteiger partial charge in [0.05, 0.1) is 52.9 Å². The first-order valence-corrected chi connectivity index (χ1v) is 11.7. The molecule has 3 aromatic carbocycles. The predicted octanol–water partition coefficient (Wildman–Crippen LogP) is 4.94. The molecular formula is C29H26O9. The van der Waals surface area contributed by atoms with E-state index in [1.165, 1.54) is 34.7 Å². The summed E-state index contributed by atoms with van der Waals surface area (Å²) in [5.41, 5.74) is 2.29. The molecule has 0 aliphatic carbocycles. The van der Waals surface area contributed by atoms with Crippen LogP contribution < -0.4 is 33.8 Å². The maximum Gasteiger partial charge on any atom is 0.312 e. The van der Waals surface area contributed by atoms with Gasteiger partial charge in [-0.05, 0) is 35.9 Å². The number of carbonyl (C=O) groups is 1. The second-order valence-corrected chi connectivity index (χ2v) is 8.58. The van der Waals surface area contributed by atoms with Gasteiger partial charge in [0, 0.05) is 23.1 Å². The summed E-state index contributed by atoms with van der Waals surface area (Å²) in [6.45, 7) is 0. The maximum absolute atomic E-state index is 13.7. The zero-order chi connectivity index (χ0) is 27.0. The number of carbonyl (C=O) groups excluding carboxylic acids is 1. The molecule has 0 spiro atoms. The molecule has 0 saturated heterocycles. The van der Waals surface area contributed by atoms with E-state index in [-0.39, 0.29) is 11.8 Å². The highest BCUT2D eigenvalue weighted by atomic mass is 16.5. The zero-order valence-electron chi connectivity index (χ0n) is 21.6. The first kappa shape index (κ1) is 25.0. The normalized spacial score (nSPS) is 14.4. The summed E-state index contributed by atoms with van der Waals surface area (Å²) in [5.74, 6) is 1.86. The molecule has 0 N–H and O–H groups in total. The smallest absolute Gasteiger partial charge is 0.312 e. The Morgan fingerprint density at radius 2 is 1.39 bits per heavy atom. The van der Waals surface area contributed by atoms with E-state index in [0.717, 1.165) is 0 Å². The molecule has 1 unspecified atom stereocenters. The highest BCUT2D eigenvalue weighted by Crippen LogP contribution is 2.48. The van der Waals surface area contributed by atoms with Gasteiger partial charge in [-0.15, -0.1) is 0 Å². The highest BCUT2D eigenvalue weighted by Gasteiger charge is 2.34. The fraction of sp³-hybridized carbons (Fsp3) is 0.241. The van der Waals surface area contributed by atoms with Gasteiger partial charge in [-0.1, -0.05) is 6.07 Å². The van der Waals surface area contributed by atoms with Crippen LogP contribution >= 0.6 is 0 Å². The molecule has 38 heavy (non-hydrogen) atoms. The monoisotopic (exact) mass is 518 g/mol. The number of esters is 1. The van der Waals surface area contributed by atoms with Crippen LogP contribution in [0.25, 0.3) is 22.1 Å². The highest BCUT2D eigenvalue weighted by molar-refractivity contribution is 5.90. The molecule has 1 aliphatic rings. The Morgan fingerprint density at radius 3 is 2.08 bits per heavy atom. The molecule has 0 radical (unpaired) electrons. The number of rotatable bonds is 7. The summed E-state index contributed by atoms with van der Waals surface area (Å²) in [4.78, 5) is 26.3. The Labute approximate surface area is 218 Å². The molecule has 2 heterocycles. The molecule has 0 amide bonds. The Balaban J connectivity index is 1.72. The average molecular weight is 519 g/mol. The van der Waals surface area contributed by atoms with E-state index in [9.17, 15) is 9.59 Å². The number of fused-ring (bicyclic) bond motifs is 3. The summed E-state index contributed by atoms with van der Waals surface area (Å²) in [6, 6.07) is 11.9. The van der Waals surface area contributed by atoms with Crippen molar-refractivity contribution in [2.75, 3.05) is 35.5 Å². The lowest BCUT2D eigenvalue weighted by molar-refractivity contribution is -0.135. The van der Waals surface area contributed by atoms with Crippen molar-refractivity contribution in [2.24, 2.45) is 0 Å². The zero-order valence-corrected chi connectivity index (χ0v) is 21.6. The first-order valence-electron chi connectivity index (χ1n) is 11.7. The molecule has 9 heteroatoms. The first-order chi connectivity index (χ1) is 18.4. The fourth-order valence-electron chi connectivity index (χ4n) is 4.85. The number of methoxy groups -OCH3 is 5. The molecule has 5 rings (SSSR count). The van der Waals surface area contributed by atoms with Crippen molar-refractivity contribution >= 4 is 16.9 Å². The predicted molar refractivity (Wildman–Crippen MR) is 139 cm³/mol. The third-order valence-electron chi connectivity index (χ3n) is 6.69. The minimum atomic E-state index is -0.528. The number of ether oxygens (including phenoxy) is 6. The van der Waals surface area contributed by atoms with Gasteiger partial charge in [0.2, 0.25) is 5.43 Å². The van der Waals surface area contributed by atoms with Gasteiger partial charge in [0.25, 0.3) is 0 Å². The van der Waals surface area contributed by atoms with E-state index in [4.69, 9.17) is 32.8 Å². The Morgan fingerprint density at radius 1 is 0.737 bits per heavy atom. The molecule has 1 aromatic heterocycles. The van der Waals surface area contributed by atoms with Gasteiger partial charge in [-0.3, -0.25) is 9.59 Å². The number of benzene rings is 3. The SMILES string of the molecule is COc1ccc(-c2coc3c4c(ccc3c2=O)OC(=O)CC4c2cc(OC)c(OC)cc2OC)cc1OC. The van der Waals surface area contributed by atoms with Crippen LogP contribution in [0.1, 0.15) is 23.5 Å². The average Bonchev–Trinajstić information content (AvgIpc) is 2.95. The van der Waals surface area contributed by atoms with E-state index in [1.807, 2.05) is 0 Å². The molecule has 0 bridgehead atoms. The second-order valence-electron chi connectivity index (χ2n) is 8.58. The van der Waals surface area contributed by atoms with Crippen molar-refractivity contribution in [2.45, 2.75) is 12.3 Å². The summed E-state index contributed by atoms with van der Waals surface area (Å²) < 4.78 is 38.9. The summed E-state index contributed by atoms with van der Waals surface area (Å²) >= 11 is 0. The van der Waals surface area contributed by atoms with Crippen molar-refractivity contribution in [1.82, 2.24) is 0 Å². The molecule has 1 atom stereocenters. The van der Waals surface area contributed by atoms with Gasteiger partial charge < -0.3 is 32.8 Å². The quantitative estimate of drug-likeness (QED) is 0.248. The van der Waals surface area contributed by atoms with Crippen LogP contribution in [-0.2, 0) is 4.79 Å². The van der Waals surface area contributed by atoms with Crippen LogP contribution in [0, 0.1) is 0 Å². The van der Waals surface area contributed by atoms with Crippen molar-refractivity contribution < 1.29 is 37.6 Å². The van der Waals surface area contributed by atoms with Crippen molar-refractivity contribution in [1.29, 1.82) is 0 Å². The summed E-state index contributed by atoms with van der Waals surface area (Å²) in [7, 11) is 7.66. The molecular weight excluding hydrogens is 492 g/mol. The Kier molecular flexibility index (Phi) is 6.59. The molecule has 0 saturated carbocycles. The lowest BCUT2D eigenvalue weighted by Gasteiger charge is -2.27. The second kappa shape index (κ2) is 10.0. The largest absolute Gasteiger partial charge is 0.496 e. The third-order valence-corrected chi connectivity index (χ3v) is 6.69. The third kappa shape index (κ3) is 4.06. The molecule has 9 nitrogen and oxygen atoms in total. The lowest BCUT2D eigenvalue weighted by atomic mass is 9.84. The van der Waals surface area contributed by atoms with E-state index in [2.05, 4.69) is 0 Å². The van der Waals surface area contributed by atoms with E-state index in [1.54, 1.807) is 49.6 Å². The van der Waals surface area contributed by atoms with Crippen LogP contribution in [0.15, 0.2) is 57.9 Å². The molecule has 1 aliphatic heterocycles.